The molecule has 0 bridgehead atoms. The van der Waals surface area contributed by atoms with Crippen molar-refractivity contribution in [1.82, 2.24) is 24.9 Å². The molecule has 4 aromatic rings. The van der Waals surface area contributed by atoms with Gasteiger partial charge in [-0.25, -0.2) is 4.68 Å². The molecule has 1 aliphatic heterocycles. The molecule has 0 aliphatic carbocycles. The van der Waals surface area contributed by atoms with E-state index in [0.717, 1.165) is 40.9 Å². The molecule has 2 aromatic heterocycles. The number of aryl methyl sites for hydroxylation is 1. The Morgan fingerprint density at radius 1 is 0.833 bits per heavy atom. The van der Waals surface area contributed by atoms with Gasteiger partial charge in [0.1, 0.15) is 0 Å². The van der Waals surface area contributed by atoms with Crippen LogP contribution in [0.2, 0.25) is 0 Å². The van der Waals surface area contributed by atoms with Gasteiger partial charge in [-0.05, 0) is 48.0 Å². The van der Waals surface area contributed by atoms with E-state index in [1.165, 1.54) is 0 Å². The SMILES string of the molecule is Cc1ccn(-c2ccc(N3CCN(C(=O)c4ccc5ccccc5c4)CC3)nn2)n1. The van der Waals surface area contributed by atoms with E-state index in [-0.39, 0.29) is 5.91 Å². The maximum Gasteiger partial charge on any atom is 0.253 e. The molecule has 0 N–H and O–H groups in total. The van der Waals surface area contributed by atoms with E-state index >= 15 is 0 Å². The van der Waals surface area contributed by atoms with Crippen molar-refractivity contribution in [2.75, 3.05) is 31.1 Å². The molecular weight excluding hydrogens is 376 g/mol. The third-order valence-corrected chi connectivity index (χ3v) is 5.48. The fourth-order valence-corrected chi connectivity index (χ4v) is 3.80. The molecular formula is C23H22N6O. The minimum atomic E-state index is 0.0795. The molecule has 5 rings (SSSR count). The van der Waals surface area contributed by atoms with Gasteiger partial charge in [-0.2, -0.15) is 5.10 Å². The van der Waals surface area contributed by atoms with Crippen LogP contribution < -0.4 is 4.90 Å². The van der Waals surface area contributed by atoms with E-state index in [2.05, 4.69) is 26.3 Å². The standard InChI is InChI=1S/C23H22N6O/c1-17-10-11-29(26-17)22-9-8-21(24-25-22)27-12-14-28(15-13-27)23(30)20-7-6-18-4-2-3-5-19(18)16-20/h2-11,16H,12-15H2,1H3. The Morgan fingerprint density at radius 2 is 1.57 bits per heavy atom. The molecule has 0 saturated carbocycles. The second-order valence-corrected chi connectivity index (χ2v) is 7.49. The molecule has 0 spiro atoms. The third-order valence-electron chi connectivity index (χ3n) is 5.48. The first-order valence-corrected chi connectivity index (χ1v) is 10.1. The number of hydrogen-bond acceptors (Lipinski definition) is 5. The first-order valence-electron chi connectivity index (χ1n) is 10.1. The molecule has 1 saturated heterocycles. The Hall–Kier alpha value is -3.74. The van der Waals surface area contributed by atoms with Crippen molar-refractivity contribution in [3.8, 4) is 5.82 Å². The highest BCUT2D eigenvalue weighted by atomic mass is 16.2. The predicted octanol–water partition coefficient (Wildman–Crippen LogP) is 3.09. The molecule has 7 heteroatoms. The molecule has 2 aromatic carbocycles. The Morgan fingerprint density at radius 3 is 2.27 bits per heavy atom. The Bertz CT molecular complexity index is 1190. The highest BCUT2D eigenvalue weighted by Gasteiger charge is 2.23. The molecule has 1 amide bonds. The van der Waals surface area contributed by atoms with Crippen molar-refractivity contribution in [3.63, 3.8) is 0 Å². The summed E-state index contributed by atoms with van der Waals surface area (Å²) >= 11 is 0. The number of rotatable bonds is 3. The number of benzene rings is 2. The largest absolute Gasteiger partial charge is 0.352 e. The fourth-order valence-electron chi connectivity index (χ4n) is 3.80. The average Bonchev–Trinajstić information content (AvgIpc) is 3.25. The number of nitrogens with zero attached hydrogens (tertiary/aromatic N) is 6. The summed E-state index contributed by atoms with van der Waals surface area (Å²) in [6.07, 6.45) is 1.87. The average molecular weight is 398 g/mol. The number of carbonyl (C=O) groups is 1. The second-order valence-electron chi connectivity index (χ2n) is 7.49. The van der Waals surface area contributed by atoms with Gasteiger partial charge < -0.3 is 9.80 Å². The van der Waals surface area contributed by atoms with E-state index in [0.29, 0.717) is 18.9 Å². The molecule has 30 heavy (non-hydrogen) atoms. The summed E-state index contributed by atoms with van der Waals surface area (Å²) in [7, 11) is 0. The maximum atomic E-state index is 13.0. The first-order chi connectivity index (χ1) is 14.7. The van der Waals surface area contributed by atoms with Crippen molar-refractivity contribution in [1.29, 1.82) is 0 Å². The van der Waals surface area contributed by atoms with Crippen LogP contribution in [-0.2, 0) is 0 Å². The lowest BCUT2D eigenvalue weighted by atomic mass is 10.1. The van der Waals surface area contributed by atoms with Gasteiger partial charge in [0.05, 0.1) is 5.69 Å². The number of anilines is 1. The number of piperazine rings is 1. The Labute approximate surface area is 174 Å². The van der Waals surface area contributed by atoms with Crippen molar-refractivity contribution >= 4 is 22.5 Å². The van der Waals surface area contributed by atoms with Crippen LogP contribution >= 0.6 is 0 Å². The molecule has 3 heterocycles. The molecule has 0 atom stereocenters. The van der Waals surface area contributed by atoms with E-state index in [1.807, 2.05) is 72.6 Å². The summed E-state index contributed by atoms with van der Waals surface area (Å²) in [6.45, 7) is 4.72. The number of aromatic nitrogens is 4. The van der Waals surface area contributed by atoms with Crippen LogP contribution in [0.15, 0.2) is 66.9 Å². The van der Waals surface area contributed by atoms with E-state index in [1.54, 1.807) is 4.68 Å². The van der Waals surface area contributed by atoms with Gasteiger partial charge in [0.25, 0.3) is 5.91 Å². The summed E-state index contributed by atoms with van der Waals surface area (Å²) in [5.74, 6) is 1.59. The molecule has 1 aliphatic rings. The normalized spacial score (nSPS) is 14.3. The summed E-state index contributed by atoms with van der Waals surface area (Å²) in [6, 6.07) is 19.8. The summed E-state index contributed by atoms with van der Waals surface area (Å²) in [5, 5.41) is 15.2. The van der Waals surface area contributed by atoms with Crippen molar-refractivity contribution < 1.29 is 4.79 Å². The van der Waals surface area contributed by atoms with Gasteiger partial charge in [-0.1, -0.05) is 30.3 Å². The molecule has 0 radical (unpaired) electrons. The third kappa shape index (κ3) is 3.50. The number of hydrogen-bond donors (Lipinski definition) is 0. The lowest BCUT2D eigenvalue weighted by Crippen LogP contribution is -2.49. The van der Waals surface area contributed by atoms with Crippen LogP contribution in [0.3, 0.4) is 0 Å². The second kappa shape index (κ2) is 7.59. The van der Waals surface area contributed by atoms with Gasteiger partial charge in [-0.3, -0.25) is 4.79 Å². The van der Waals surface area contributed by atoms with E-state index < -0.39 is 0 Å². The minimum Gasteiger partial charge on any atom is -0.352 e. The van der Waals surface area contributed by atoms with E-state index in [9.17, 15) is 4.79 Å². The summed E-state index contributed by atoms with van der Waals surface area (Å²) in [5.41, 5.74) is 1.67. The number of amides is 1. The zero-order chi connectivity index (χ0) is 20.5. The highest BCUT2D eigenvalue weighted by Crippen LogP contribution is 2.19. The summed E-state index contributed by atoms with van der Waals surface area (Å²) < 4.78 is 1.71. The van der Waals surface area contributed by atoms with Gasteiger partial charge in [0.15, 0.2) is 11.6 Å². The van der Waals surface area contributed by atoms with Crippen molar-refractivity contribution in [2.24, 2.45) is 0 Å². The van der Waals surface area contributed by atoms with E-state index in [4.69, 9.17) is 0 Å². The molecule has 150 valence electrons. The zero-order valence-corrected chi connectivity index (χ0v) is 16.8. The molecule has 7 nitrogen and oxygen atoms in total. The molecule has 1 fully saturated rings. The predicted molar refractivity (Wildman–Crippen MR) is 116 cm³/mol. The van der Waals surface area contributed by atoms with Crippen LogP contribution in [-0.4, -0.2) is 57.0 Å². The van der Waals surface area contributed by atoms with Gasteiger partial charge in [0.2, 0.25) is 0 Å². The van der Waals surface area contributed by atoms with Crippen molar-refractivity contribution in [2.45, 2.75) is 6.92 Å². The zero-order valence-electron chi connectivity index (χ0n) is 16.8. The summed E-state index contributed by atoms with van der Waals surface area (Å²) in [4.78, 5) is 17.0. The maximum absolute atomic E-state index is 13.0. The lowest BCUT2D eigenvalue weighted by Gasteiger charge is -2.35. The molecule has 0 unspecified atom stereocenters. The quantitative estimate of drug-likeness (QED) is 0.531. The minimum absolute atomic E-state index is 0.0795. The van der Waals surface area contributed by atoms with Crippen LogP contribution in [0.5, 0.6) is 0 Å². The number of carbonyl (C=O) groups excluding carboxylic acids is 1. The monoisotopic (exact) mass is 398 g/mol. The van der Waals surface area contributed by atoms with Crippen LogP contribution in [0.4, 0.5) is 5.82 Å². The van der Waals surface area contributed by atoms with Crippen LogP contribution in [0.1, 0.15) is 16.1 Å². The topological polar surface area (TPSA) is 67.2 Å². The van der Waals surface area contributed by atoms with Gasteiger partial charge in [0, 0.05) is 37.9 Å². The fraction of sp³-hybridized carbons (Fsp3) is 0.217. The van der Waals surface area contributed by atoms with Gasteiger partial charge in [-0.15, -0.1) is 10.2 Å². The van der Waals surface area contributed by atoms with Crippen LogP contribution in [0, 0.1) is 6.92 Å². The smallest absolute Gasteiger partial charge is 0.253 e. The first kappa shape index (κ1) is 18.3. The lowest BCUT2D eigenvalue weighted by molar-refractivity contribution is 0.0746. The van der Waals surface area contributed by atoms with Crippen LogP contribution in [0.25, 0.3) is 16.6 Å². The Kier molecular flexibility index (Phi) is 4.63. The number of fused-ring (bicyclic) bond motifs is 1. The highest BCUT2D eigenvalue weighted by molar-refractivity contribution is 5.98. The van der Waals surface area contributed by atoms with Crippen molar-refractivity contribution in [3.05, 3.63) is 78.1 Å². The Balaban J connectivity index is 1.25. The van der Waals surface area contributed by atoms with Gasteiger partial charge >= 0.3 is 0 Å².